The molecule has 1 fully saturated rings. The predicted molar refractivity (Wildman–Crippen MR) is 97.1 cm³/mol. The summed E-state index contributed by atoms with van der Waals surface area (Å²) in [6.07, 6.45) is 8.07. The quantitative estimate of drug-likeness (QED) is 0.806. The van der Waals surface area contributed by atoms with Gasteiger partial charge in [0.15, 0.2) is 0 Å². The topological polar surface area (TPSA) is 34.5 Å². The number of hydrogen-bond acceptors (Lipinski definition) is 3. The van der Waals surface area contributed by atoms with Gasteiger partial charge in [0.05, 0.1) is 11.7 Å². The van der Waals surface area contributed by atoms with E-state index in [4.69, 9.17) is 14.7 Å². The Hall–Kier alpha value is -2.16. The first-order valence-corrected chi connectivity index (χ1v) is 9.12. The van der Waals surface area contributed by atoms with Crippen molar-refractivity contribution in [2.24, 2.45) is 10.9 Å². The number of rotatable bonds is 4. The lowest BCUT2D eigenvalue weighted by atomic mass is 9.85. The van der Waals surface area contributed by atoms with Gasteiger partial charge in [-0.15, -0.1) is 0 Å². The van der Waals surface area contributed by atoms with E-state index in [-0.39, 0.29) is 0 Å². The molecule has 1 aromatic heterocycles. The molecule has 24 heavy (non-hydrogen) atoms. The van der Waals surface area contributed by atoms with Crippen molar-refractivity contribution < 1.29 is 4.74 Å². The molecule has 2 heterocycles. The normalized spacial score (nSPS) is 21.3. The van der Waals surface area contributed by atoms with Crippen LogP contribution in [0, 0.1) is 5.92 Å². The van der Waals surface area contributed by atoms with Crippen molar-refractivity contribution in [2.45, 2.75) is 44.6 Å². The van der Waals surface area contributed by atoms with Crippen molar-refractivity contribution in [3.8, 4) is 11.3 Å². The lowest BCUT2D eigenvalue weighted by Crippen LogP contribution is -2.15. The molecule has 0 radical (unpaired) electrons. The first-order valence-electron chi connectivity index (χ1n) is 9.12. The van der Waals surface area contributed by atoms with Crippen molar-refractivity contribution in [3.05, 3.63) is 54.2 Å². The molecule has 1 atom stereocenters. The van der Waals surface area contributed by atoms with Crippen molar-refractivity contribution in [2.75, 3.05) is 6.61 Å². The first kappa shape index (κ1) is 15.4. The summed E-state index contributed by atoms with van der Waals surface area (Å²) in [6, 6.07) is 16.6. The van der Waals surface area contributed by atoms with Gasteiger partial charge in [-0.2, -0.15) is 0 Å². The highest BCUT2D eigenvalue weighted by atomic mass is 16.5. The number of benzene rings is 1. The van der Waals surface area contributed by atoms with E-state index < -0.39 is 0 Å². The third kappa shape index (κ3) is 3.50. The molecular weight excluding hydrogens is 296 g/mol. The van der Waals surface area contributed by atoms with Crippen LogP contribution in [-0.2, 0) is 4.74 Å². The van der Waals surface area contributed by atoms with Crippen molar-refractivity contribution >= 4 is 5.90 Å². The van der Waals surface area contributed by atoms with Crippen molar-refractivity contribution in [1.29, 1.82) is 0 Å². The Morgan fingerprint density at radius 1 is 0.875 bits per heavy atom. The average molecular weight is 320 g/mol. The molecule has 0 saturated heterocycles. The minimum Gasteiger partial charge on any atom is -0.474 e. The van der Waals surface area contributed by atoms with Gasteiger partial charge in [0, 0.05) is 5.56 Å². The summed E-state index contributed by atoms with van der Waals surface area (Å²) in [6.45, 7) is 0.711. The Kier molecular flexibility index (Phi) is 4.59. The van der Waals surface area contributed by atoms with E-state index >= 15 is 0 Å². The van der Waals surface area contributed by atoms with E-state index in [9.17, 15) is 0 Å². The molecule has 0 spiro atoms. The van der Waals surface area contributed by atoms with E-state index in [2.05, 4.69) is 12.1 Å². The summed E-state index contributed by atoms with van der Waals surface area (Å²) in [5, 5.41) is 0. The minimum atomic E-state index is 0.310. The highest BCUT2D eigenvalue weighted by molar-refractivity contribution is 5.93. The number of ether oxygens (including phenoxy) is 1. The predicted octanol–water partition coefficient (Wildman–Crippen LogP) is 4.86. The fourth-order valence-corrected chi connectivity index (χ4v) is 3.81. The molecular formula is C21H24N2O. The maximum absolute atomic E-state index is 5.87. The minimum absolute atomic E-state index is 0.310. The van der Waals surface area contributed by atoms with Crippen LogP contribution in [0.25, 0.3) is 11.3 Å². The lowest BCUT2D eigenvalue weighted by Gasteiger charge is -2.22. The van der Waals surface area contributed by atoms with E-state index in [0.29, 0.717) is 18.5 Å². The lowest BCUT2D eigenvalue weighted by molar-refractivity contribution is 0.267. The van der Waals surface area contributed by atoms with Gasteiger partial charge in [-0.1, -0.05) is 68.5 Å². The summed E-state index contributed by atoms with van der Waals surface area (Å²) in [4.78, 5) is 9.57. The maximum Gasteiger partial charge on any atom is 0.235 e. The molecule has 0 bridgehead atoms. The number of aromatic nitrogens is 1. The fourth-order valence-electron chi connectivity index (χ4n) is 3.81. The van der Waals surface area contributed by atoms with Crippen LogP contribution in [0.15, 0.2) is 53.5 Å². The summed E-state index contributed by atoms with van der Waals surface area (Å²) < 4.78 is 5.87. The molecule has 2 aliphatic rings. The summed E-state index contributed by atoms with van der Waals surface area (Å²) in [7, 11) is 0. The molecule has 3 nitrogen and oxygen atoms in total. The molecule has 0 unspecified atom stereocenters. The average Bonchev–Trinajstić information content (AvgIpc) is 3.12. The summed E-state index contributed by atoms with van der Waals surface area (Å²) in [5.74, 6) is 1.55. The zero-order valence-corrected chi connectivity index (χ0v) is 14.0. The second kappa shape index (κ2) is 7.16. The van der Waals surface area contributed by atoms with Gasteiger partial charge in [-0.05, 0) is 24.5 Å². The molecule has 1 saturated carbocycles. The van der Waals surface area contributed by atoms with Gasteiger partial charge >= 0.3 is 0 Å². The van der Waals surface area contributed by atoms with Crippen LogP contribution in [0.3, 0.4) is 0 Å². The van der Waals surface area contributed by atoms with E-state index in [1.165, 1.54) is 38.5 Å². The van der Waals surface area contributed by atoms with E-state index in [0.717, 1.165) is 22.9 Å². The highest BCUT2D eigenvalue weighted by Gasteiger charge is 2.25. The van der Waals surface area contributed by atoms with Gasteiger partial charge in [-0.25, -0.2) is 9.98 Å². The second-order valence-electron chi connectivity index (χ2n) is 6.91. The zero-order chi connectivity index (χ0) is 16.2. The number of pyridine rings is 1. The van der Waals surface area contributed by atoms with Crippen molar-refractivity contribution in [3.63, 3.8) is 0 Å². The Balaban J connectivity index is 1.48. The van der Waals surface area contributed by atoms with Gasteiger partial charge in [-0.3, -0.25) is 0 Å². The summed E-state index contributed by atoms with van der Waals surface area (Å²) >= 11 is 0. The molecule has 1 aromatic carbocycles. The maximum atomic E-state index is 5.87. The van der Waals surface area contributed by atoms with Gasteiger partial charge < -0.3 is 4.74 Å². The fraction of sp³-hybridized carbons (Fsp3) is 0.429. The molecule has 0 amide bonds. The zero-order valence-electron chi connectivity index (χ0n) is 14.0. The SMILES string of the molecule is c1ccc(-c2cccc(C3=N[C@@H](CC4CCCCC4)CO3)n2)cc1. The second-order valence-corrected chi connectivity index (χ2v) is 6.91. The Morgan fingerprint density at radius 3 is 2.50 bits per heavy atom. The van der Waals surface area contributed by atoms with Crippen LogP contribution in [-0.4, -0.2) is 23.5 Å². The van der Waals surface area contributed by atoms with Crippen LogP contribution >= 0.6 is 0 Å². The molecule has 3 heteroatoms. The molecule has 1 aliphatic carbocycles. The van der Waals surface area contributed by atoms with Crippen LogP contribution < -0.4 is 0 Å². The Morgan fingerprint density at radius 2 is 1.67 bits per heavy atom. The summed E-state index contributed by atoms with van der Waals surface area (Å²) in [5.41, 5.74) is 2.94. The van der Waals surface area contributed by atoms with Crippen LogP contribution in [0.1, 0.15) is 44.2 Å². The van der Waals surface area contributed by atoms with Gasteiger partial charge in [0.25, 0.3) is 0 Å². The Labute approximate surface area is 143 Å². The molecule has 2 aromatic rings. The third-order valence-electron chi connectivity index (χ3n) is 5.08. The van der Waals surface area contributed by atoms with Crippen LogP contribution in [0.2, 0.25) is 0 Å². The largest absolute Gasteiger partial charge is 0.474 e. The Bertz CT molecular complexity index is 705. The van der Waals surface area contributed by atoms with Crippen LogP contribution in [0.5, 0.6) is 0 Å². The van der Waals surface area contributed by atoms with Crippen LogP contribution in [0.4, 0.5) is 0 Å². The smallest absolute Gasteiger partial charge is 0.235 e. The standard InChI is InChI=1S/C21H24N2O/c1-3-8-16(9-4-1)14-18-15-24-21(22-18)20-13-7-12-19(23-20)17-10-5-2-6-11-17/h2,5-7,10-13,16,18H,1,3-4,8-9,14-15H2/t18-/m0/s1. The molecule has 1 aliphatic heterocycles. The number of hydrogen-bond donors (Lipinski definition) is 0. The van der Waals surface area contributed by atoms with Gasteiger partial charge in [0.1, 0.15) is 12.3 Å². The molecule has 0 N–H and O–H groups in total. The third-order valence-corrected chi connectivity index (χ3v) is 5.08. The van der Waals surface area contributed by atoms with Gasteiger partial charge in [0.2, 0.25) is 5.90 Å². The van der Waals surface area contributed by atoms with Crippen molar-refractivity contribution in [1.82, 2.24) is 4.98 Å². The number of aliphatic imine (C=N–C) groups is 1. The van der Waals surface area contributed by atoms with E-state index in [1.54, 1.807) is 0 Å². The first-order chi connectivity index (χ1) is 11.9. The van der Waals surface area contributed by atoms with E-state index in [1.807, 2.05) is 36.4 Å². The monoisotopic (exact) mass is 320 g/mol. The highest BCUT2D eigenvalue weighted by Crippen LogP contribution is 2.29. The molecule has 4 rings (SSSR count). The number of nitrogens with zero attached hydrogens (tertiary/aromatic N) is 2. The molecule has 124 valence electrons.